The zero-order valence-corrected chi connectivity index (χ0v) is 12.8. The van der Waals surface area contributed by atoms with Crippen LogP contribution in [0.5, 0.6) is 5.75 Å². The van der Waals surface area contributed by atoms with Crippen molar-refractivity contribution < 1.29 is 9.84 Å². The second-order valence-electron chi connectivity index (χ2n) is 5.83. The Morgan fingerprint density at radius 2 is 2.11 bits per heavy atom. The number of hydrogen-bond donors (Lipinski definition) is 1. The lowest BCUT2D eigenvalue weighted by Gasteiger charge is -2.17. The van der Waals surface area contributed by atoms with Crippen molar-refractivity contribution in [3.05, 3.63) is 27.7 Å². The molecule has 1 aliphatic heterocycles. The highest BCUT2D eigenvalue weighted by atomic mass is 79.9. The Kier molecular flexibility index (Phi) is 4.13. The molecule has 2 nitrogen and oxygen atoms in total. The topological polar surface area (TPSA) is 29.5 Å². The van der Waals surface area contributed by atoms with Crippen molar-refractivity contribution >= 4 is 15.9 Å². The fraction of sp³-hybridized carbons (Fsp3) is 0.625. The Balaban J connectivity index is 1.70. The van der Waals surface area contributed by atoms with Gasteiger partial charge >= 0.3 is 0 Å². The zero-order valence-electron chi connectivity index (χ0n) is 11.2. The molecule has 3 heteroatoms. The van der Waals surface area contributed by atoms with Gasteiger partial charge in [0.05, 0.1) is 12.7 Å². The quantitative estimate of drug-likeness (QED) is 0.890. The van der Waals surface area contributed by atoms with Crippen LogP contribution < -0.4 is 4.74 Å². The normalized spacial score (nSPS) is 20.3. The Hall–Kier alpha value is -0.540. The van der Waals surface area contributed by atoms with Gasteiger partial charge in [-0.25, -0.2) is 0 Å². The SMILES string of the molecule is OC(CCC1CCCC1)c1cc(Br)cc2c1OCC2. The van der Waals surface area contributed by atoms with E-state index >= 15 is 0 Å². The minimum atomic E-state index is -0.384. The van der Waals surface area contributed by atoms with Crippen LogP contribution in [0, 0.1) is 5.92 Å². The van der Waals surface area contributed by atoms with E-state index in [0.717, 1.165) is 47.6 Å². The van der Waals surface area contributed by atoms with Gasteiger partial charge in [-0.1, -0.05) is 41.6 Å². The highest BCUT2D eigenvalue weighted by molar-refractivity contribution is 9.10. The van der Waals surface area contributed by atoms with Gasteiger partial charge in [-0.3, -0.25) is 0 Å². The number of benzene rings is 1. The summed E-state index contributed by atoms with van der Waals surface area (Å²) in [4.78, 5) is 0. The molecular formula is C16H21BrO2. The third kappa shape index (κ3) is 2.97. The molecule has 19 heavy (non-hydrogen) atoms. The van der Waals surface area contributed by atoms with Crippen molar-refractivity contribution in [2.45, 2.75) is 51.0 Å². The molecular weight excluding hydrogens is 304 g/mol. The first-order valence-corrected chi connectivity index (χ1v) is 8.16. The molecule has 1 unspecified atom stereocenters. The molecule has 1 atom stereocenters. The Morgan fingerprint density at radius 1 is 1.32 bits per heavy atom. The molecule has 1 fully saturated rings. The van der Waals surface area contributed by atoms with E-state index in [1.807, 2.05) is 6.07 Å². The zero-order chi connectivity index (χ0) is 13.2. The second-order valence-corrected chi connectivity index (χ2v) is 6.74. The maximum absolute atomic E-state index is 10.5. The molecule has 1 heterocycles. The fourth-order valence-electron chi connectivity index (χ4n) is 3.39. The summed E-state index contributed by atoms with van der Waals surface area (Å²) in [7, 11) is 0. The molecule has 3 rings (SSSR count). The van der Waals surface area contributed by atoms with E-state index < -0.39 is 0 Å². The van der Waals surface area contributed by atoms with Crippen molar-refractivity contribution in [2.75, 3.05) is 6.61 Å². The van der Waals surface area contributed by atoms with E-state index in [2.05, 4.69) is 22.0 Å². The van der Waals surface area contributed by atoms with Gasteiger partial charge in [-0.15, -0.1) is 0 Å². The van der Waals surface area contributed by atoms with E-state index in [4.69, 9.17) is 4.74 Å². The predicted octanol–water partition coefficient (Wildman–Crippen LogP) is 4.39. The number of rotatable bonds is 4. The molecule has 0 saturated heterocycles. The van der Waals surface area contributed by atoms with Crippen LogP contribution in [-0.2, 0) is 6.42 Å². The maximum Gasteiger partial charge on any atom is 0.128 e. The fourth-order valence-corrected chi connectivity index (χ4v) is 3.92. The first kappa shape index (κ1) is 13.4. The number of hydrogen-bond acceptors (Lipinski definition) is 2. The second kappa shape index (κ2) is 5.84. The monoisotopic (exact) mass is 324 g/mol. The molecule has 2 aliphatic rings. The van der Waals surface area contributed by atoms with Gasteiger partial charge in [0.1, 0.15) is 5.75 Å². The van der Waals surface area contributed by atoms with E-state index in [9.17, 15) is 5.11 Å². The molecule has 1 aliphatic carbocycles. The molecule has 1 aromatic carbocycles. The van der Waals surface area contributed by atoms with Crippen molar-refractivity contribution in [1.82, 2.24) is 0 Å². The molecule has 1 N–H and O–H groups in total. The average Bonchev–Trinajstić information content (AvgIpc) is 3.05. The molecule has 0 amide bonds. The van der Waals surface area contributed by atoms with Crippen molar-refractivity contribution in [1.29, 1.82) is 0 Å². The number of aliphatic hydroxyl groups is 1. The van der Waals surface area contributed by atoms with Crippen LogP contribution in [0.4, 0.5) is 0 Å². The van der Waals surface area contributed by atoms with Gasteiger partial charge in [0, 0.05) is 16.5 Å². The smallest absolute Gasteiger partial charge is 0.128 e. The van der Waals surface area contributed by atoms with Gasteiger partial charge in [0.15, 0.2) is 0 Å². The van der Waals surface area contributed by atoms with Crippen LogP contribution in [0.3, 0.4) is 0 Å². The first-order valence-electron chi connectivity index (χ1n) is 7.37. The van der Waals surface area contributed by atoms with E-state index in [-0.39, 0.29) is 6.10 Å². The molecule has 1 saturated carbocycles. The lowest BCUT2D eigenvalue weighted by Crippen LogP contribution is -2.03. The Labute approximate surface area is 123 Å². The lowest BCUT2D eigenvalue weighted by atomic mass is 9.95. The lowest BCUT2D eigenvalue weighted by molar-refractivity contribution is 0.153. The van der Waals surface area contributed by atoms with E-state index in [0.29, 0.717) is 0 Å². The standard InChI is InChI=1S/C16H21BrO2/c17-13-9-12-7-8-19-16(12)14(10-13)15(18)6-5-11-3-1-2-4-11/h9-11,15,18H,1-8H2. The van der Waals surface area contributed by atoms with Crippen molar-refractivity contribution in [3.8, 4) is 5.75 Å². The third-order valence-corrected chi connectivity index (χ3v) is 4.92. The Morgan fingerprint density at radius 3 is 2.89 bits per heavy atom. The van der Waals surface area contributed by atoms with E-state index in [1.54, 1.807) is 0 Å². The average molecular weight is 325 g/mol. The molecule has 0 radical (unpaired) electrons. The number of fused-ring (bicyclic) bond motifs is 1. The number of ether oxygens (including phenoxy) is 1. The summed E-state index contributed by atoms with van der Waals surface area (Å²) in [6.07, 6.45) is 8.01. The number of aliphatic hydroxyl groups excluding tert-OH is 1. The largest absolute Gasteiger partial charge is 0.493 e. The maximum atomic E-state index is 10.5. The Bertz CT molecular complexity index is 452. The summed E-state index contributed by atoms with van der Waals surface area (Å²) in [5.74, 6) is 1.76. The highest BCUT2D eigenvalue weighted by Gasteiger charge is 2.23. The van der Waals surface area contributed by atoms with Crippen LogP contribution in [-0.4, -0.2) is 11.7 Å². The molecule has 0 spiro atoms. The summed E-state index contributed by atoms with van der Waals surface area (Å²) in [6.45, 7) is 0.744. The predicted molar refractivity (Wildman–Crippen MR) is 79.5 cm³/mol. The summed E-state index contributed by atoms with van der Waals surface area (Å²) in [5.41, 5.74) is 2.20. The van der Waals surface area contributed by atoms with Gasteiger partial charge in [-0.2, -0.15) is 0 Å². The third-order valence-electron chi connectivity index (χ3n) is 4.46. The van der Waals surface area contributed by atoms with Crippen LogP contribution in [0.2, 0.25) is 0 Å². The van der Waals surface area contributed by atoms with Crippen LogP contribution in [0.25, 0.3) is 0 Å². The van der Waals surface area contributed by atoms with Crippen LogP contribution >= 0.6 is 15.9 Å². The van der Waals surface area contributed by atoms with Gasteiger partial charge < -0.3 is 9.84 Å². The van der Waals surface area contributed by atoms with E-state index in [1.165, 1.54) is 31.2 Å². The van der Waals surface area contributed by atoms with Gasteiger partial charge in [0.2, 0.25) is 0 Å². The molecule has 0 aromatic heterocycles. The summed E-state index contributed by atoms with van der Waals surface area (Å²) in [5, 5.41) is 10.5. The molecule has 0 bridgehead atoms. The molecule has 1 aromatic rings. The van der Waals surface area contributed by atoms with Crippen LogP contribution in [0.1, 0.15) is 55.8 Å². The minimum Gasteiger partial charge on any atom is -0.493 e. The van der Waals surface area contributed by atoms with Gasteiger partial charge in [-0.05, 0) is 36.5 Å². The minimum absolute atomic E-state index is 0.384. The van der Waals surface area contributed by atoms with Crippen molar-refractivity contribution in [2.24, 2.45) is 5.92 Å². The van der Waals surface area contributed by atoms with Gasteiger partial charge in [0.25, 0.3) is 0 Å². The summed E-state index contributed by atoms with van der Waals surface area (Å²) in [6, 6.07) is 4.12. The number of halogens is 1. The molecule has 104 valence electrons. The first-order chi connectivity index (χ1) is 9.24. The summed E-state index contributed by atoms with van der Waals surface area (Å²) < 4.78 is 6.74. The highest BCUT2D eigenvalue weighted by Crippen LogP contribution is 2.39. The van der Waals surface area contributed by atoms with Crippen LogP contribution in [0.15, 0.2) is 16.6 Å². The van der Waals surface area contributed by atoms with Crippen molar-refractivity contribution in [3.63, 3.8) is 0 Å². The summed E-state index contributed by atoms with van der Waals surface area (Å²) >= 11 is 3.53.